The molecular formula is C27H31ClO3S. The Balaban J connectivity index is 1.55. The number of halogens is 1. The number of benzene rings is 1. The monoisotopic (exact) mass is 470 g/mol. The molecule has 1 aromatic carbocycles. The highest BCUT2D eigenvalue weighted by molar-refractivity contribution is 7.88. The molecule has 0 radical (unpaired) electrons. The average Bonchev–Trinajstić information content (AvgIpc) is 3.03. The molecule has 0 amide bonds. The first-order chi connectivity index (χ1) is 15.2. The van der Waals surface area contributed by atoms with Crippen LogP contribution in [0.3, 0.4) is 0 Å². The summed E-state index contributed by atoms with van der Waals surface area (Å²) in [6.07, 6.45) is 7.48. The van der Waals surface area contributed by atoms with Gasteiger partial charge >= 0.3 is 0 Å². The lowest BCUT2D eigenvalue weighted by Gasteiger charge is -2.56. The highest BCUT2D eigenvalue weighted by atomic mass is 35.5. The maximum Gasteiger partial charge on any atom is 0.179 e. The second-order valence-electron chi connectivity index (χ2n) is 10.7. The van der Waals surface area contributed by atoms with Crippen LogP contribution in [0, 0.1) is 35.5 Å². The molecule has 0 heterocycles. The van der Waals surface area contributed by atoms with E-state index in [2.05, 4.69) is 13.8 Å². The van der Waals surface area contributed by atoms with E-state index in [1.165, 1.54) is 0 Å². The van der Waals surface area contributed by atoms with Gasteiger partial charge < -0.3 is 0 Å². The minimum Gasteiger partial charge on any atom is -0.299 e. The highest BCUT2D eigenvalue weighted by Crippen LogP contribution is 2.65. The molecule has 5 heteroatoms. The molecule has 0 spiro atoms. The van der Waals surface area contributed by atoms with E-state index in [9.17, 15) is 13.8 Å². The summed E-state index contributed by atoms with van der Waals surface area (Å²) in [5, 5.41) is 0.0419. The lowest BCUT2D eigenvalue weighted by molar-refractivity contribution is -0.140. The Morgan fingerprint density at radius 3 is 2.59 bits per heavy atom. The predicted molar refractivity (Wildman–Crippen MR) is 129 cm³/mol. The first kappa shape index (κ1) is 22.3. The Hall–Kier alpha value is -1.52. The highest BCUT2D eigenvalue weighted by Gasteiger charge is 2.63. The normalized spacial score (nSPS) is 39.5. The van der Waals surface area contributed by atoms with Crippen molar-refractivity contribution in [1.29, 1.82) is 0 Å². The van der Waals surface area contributed by atoms with E-state index < -0.39 is 16.2 Å². The smallest absolute Gasteiger partial charge is 0.179 e. The molecule has 3 nitrogen and oxygen atoms in total. The summed E-state index contributed by atoms with van der Waals surface area (Å²) in [6.45, 7) is 6.30. The summed E-state index contributed by atoms with van der Waals surface area (Å²) in [6, 6.07) is 7.95. The van der Waals surface area contributed by atoms with E-state index in [1.54, 1.807) is 12.2 Å². The Morgan fingerprint density at radius 1 is 1.09 bits per heavy atom. The SMILES string of the molecule is Cc1ccccc1CS(=O)C1=CC(=O)C=C2CC[C@@H]3[C@H](C(=O)C[C@]4(C)[C@H](Cl)CC[C@@H]34)[C@]21C. The number of ketones is 2. The number of aryl methyl sites for hydroxylation is 1. The van der Waals surface area contributed by atoms with Crippen molar-refractivity contribution in [3.8, 4) is 0 Å². The van der Waals surface area contributed by atoms with Crippen molar-refractivity contribution in [2.24, 2.45) is 28.6 Å². The number of fused-ring (bicyclic) bond motifs is 5. The van der Waals surface area contributed by atoms with Crippen molar-refractivity contribution in [2.75, 3.05) is 0 Å². The molecule has 3 fully saturated rings. The largest absolute Gasteiger partial charge is 0.299 e. The Labute approximate surface area is 198 Å². The number of hydrogen-bond acceptors (Lipinski definition) is 3. The Bertz CT molecular complexity index is 1090. The molecule has 0 N–H and O–H groups in total. The molecule has 7 atom stereocenters. The van der Waals surface area contributed by atoms with Crippen molar-refractivity contribution < 1.29 is 13.8 Å². The summed E-state index contributed by atoms with van der Waals surface area (Å²) >= 11 is 6.73. The van der Waals surface area contributed by atoms with Crippen LogP contribution in [-0.2, 0) is 26.1 Å². The van der Waals surface area contributed by atoms with E-state index in [-0.39, 0.29) is 34.2 Å². The molecule has 1 unspecified atom stereocenters. The van der Waals surface area contributed by atoms with Crippen LogP contribution >= 0.6 is 11.6 Å². The summed E-state index contributed by atoms with van der Waals surface area (Å²) in [7, 11) is -1.38. The second-order valence-corrected chi connectivity index (χ2v) is 12.6. The zero-order valence-corrected chi connectivity index (χ0v) is 20.6. The third-order valence-electron chi connectivity index (χ3n) is 9.07. The molecule has 3 saturated carbocycles. The van der Waals surface area contributed by atoms with Crippen LogP contribution in [0.5, 0.6) is 0 Å². The van der Waals surface area contributed by atoms with Crippen LogP contribution in [0.1, 0.15) is 57.1 Å². The molecule has 5 rings (SSSR count). The van der Waals surface area contributed by atoms with E-state index in [0.717, 1.165) is 42.4 Å². The van der Waals surface area contributed by atoms with Gasteiger partial charge in [0.05, 0.1) is 16.6 Å². The molecule has 32 heavy (non-hydrogen) atoms. The zero-order chi connectivity index (χ0) is 22.8. The van der Waals surface area contributed by atoms with Gasteiger partial charge in [-0.05, 0) is 73.1 Å². The molecule has 4 aliphatic carbocycles. The molecule has 0 aromatic heterocycles. The first-order valence-electron chi connectivity index (χ1n) is 11.7. The molecular weight excluding hydrogens is 440 g/mol. The third kappa shape index (κ3) is 3.16. The van der Waals surface area contributed by atoms with Crippen LogP contribution in [0.15, 0.2) is 46.9 Å². The van der Waals surface area contributed by atoms with Crippen LogP contribution in [0.25, 0.3) is 0 Å². The summed E-state index contributed by atoms with van der Waals surface area (Å²) in [5.74, 6) is 0.934. The van der Waals surface area contributed by atoms with Crippen LogP contribution in [0.2, 0.25) is 0 Å². The van der Waals surface area contributed by atoms with Gasteiger partial charge in [0.2, 0.25) is 0 Å². The number of carbonyl (C=O) groups is 2. The number of carbonyl (C=O) groups excluding carboxylic acids is 2. The number of allylic oxidation sites excluding steroid dienone is 4. The number of Topliss-reactive ketones (excluding diaryl/α,β-unsaturated/α-hetero) is 1. The minimum atomic E-state index is -1.38. The Morgan fingerprint density at radius 2 is 1.84 bits per heavy atom. The van der Waals surface area contributed by atoms with Gasteiger partial charge in [-0.3, -0.25) is 13.8 Å². The van der Waals surface area contributed by atoms with Crippen LogP contribution in [0.4, 0.5) is 0 Å². The molecule has 4 aliphatic rings. The zero-order valence-electron chi connectivity index (χ0n) is 19.0. The lowest BCUT2D eigenvalue weighted by atomic mass is 9.48. The standard InChI is InChI=1S/C27H31ClO3S/c1-16-6-4-5-7-17(16)15-32(31)24-13-19(29)12-18-8-9-20-21-10-11-23(28)26(21,2)14-22(30)25(20)27(18,24)3/h4-7,12-13,20-21,23,25H,8-11,14-15H2,1-3H3/t20-,21-,23+,25+,26-,27+,32?/m0/s1. The third-order valence-corrected chi connectivity index (χ3v) is 11.4. The fourth-order valence-electron chi connectivity index (χ4n) is 7.34. The number of rotatable bonds is 3. The van der Waals surface area contributed by atoms with Gasteiger partial charge in [-0.1, -0.05) is 43.7 Å². The van der Waals surface area contributed by atoms with E-state index in [0.29, 0.717) is 23.0 Å². The number of alkyl halides is 1. The Kier molecular flexibility index (Phi) is 5.41. The van der Waals surface area contributed by atoms with Crippen molar-refractivity contribution >= 4 is 34.0 Å². The van der Waals surface area contributed by atoms with Gasteiger partial charge in [-0.25, -0.2) is 0 Å². The van der Waals surface area contributed by atoms with Crippen molar-refractivity contribution in [2.45, 2.75) is 64.0 Å². The first-order valence-corrected chi connectivity index (χ1v) is 13.5. The molecule has 170 valence electrons. The van der Waals surface area contributed by atoms with Crippen LogP contribution < -0.4 is 0 Å². The maximum atomic E-state index is 13.8. The van der Waals surface area contributed by atoms with Gasteiger partial charge in [0.15, 0.2) is 5.78 Å². The average molecular weight is 471 g/mol. The van der Waals surface area contributed by atoms with E-state index in [1.807, 2.05) is 31.2 Å². The van der Waals surface area contributed by atoms with Crippen molar-refractivity contribution in [3.05, 3.63) is 58.0 Å². The lowest BCUT2D eigenvalue weighted by Crippen LogP contribution is -2.55. The topological polar surface area (TPSA) is 51.2 Å². The number of hydrogen-bond donors (Lipinski definition) is 0. The summed E-state index contributed by atoms with van der Waals surface area (Å²) in [4.78, 5) is 27.0. The van der Waals surface area contributed by atoms with Gasteiger partial charge in [0, 0.05) is 28.0 Å². The van der Waals surface area contributed by atoms with Crippen LogP contribution in [-0.4, -0.2) is 21.2 Å². The second kappa shape index (κ2) is 7.77. The minimum absolute atomic E-state index is 0.0419. The molecule has 1 aromatic rings. The summed E-state index contributed by atoms with van der Waals surface area (Å²) in [5.41, 5.74) is 2.32. The quantitative estimate of drug-likeness (QED) is 0.535. The van der Waals surface area contributed by atoms with E-state index in [4.69, 9.17) is 11.6 Å². The van der Waals surface area contributed by atoms with Gasteiger partial charge in [0.1, 0.15) is 5.78 Å². The maximum absolute atomic E-state index is 13.8. The molecule has 0 aliphatic heterocycles. The fourth-order valence-corrected chi connectivity index (χ4v) is 9.44. The predicted octanol–water partition coefficient (Wildman–Crippen LogP) is 5.67. The fraction of sp³-hybridized carbons (Fsp3) is 0.556. The van der Waals surface area contributed by atoms with Gasteiger partial charge in [0.25, 0.3) is 0 Å². The van der Waals surface area contributed by atoms with Crippen molar-refractivity contribution in [1.82, 2.24) is 0 Å². The van der Waals surface area contributed by atoms with Gasteiger partial charge in [-0.2, -0.15) is 0 Å². The summed E-state index contributed by atoms with van der Waals surface area (Å²) < 4.78 is 13.8. The molecule has 0 saturated heterocycles. The van der Waals surface area contributed by atoms with Gasteiger partial charge in [-0.15, -0.1) is 11.6 Å². The van der Waals surface area contributed by atoms with Crippen molar-refractivity contribution in [3.63, 3.8) is 0 Å². The molecule has 0 bridgehead atoms. The van der Waals surface area contributed by atoms with E-state index >= 15 is 0 Å².